The van der Waals surface area contributed by atoms with Gasteiger partial charge in [-0.3, -0.25) is 9.59 Å². The Kier molecular flexibility index (Phi) is 3.41. The summed E-state index contributed by atoms with van der Waals surface area (Å²) in [4.78, 5) is 22.8. The molecule has 0 aliphatic carbocycles. The Hall–Kier alpha value is -1.40. The molecule has 4 nitrogen and oxygen atoms in total. The van der Waals surface area contributed by atoms with Gasteiger partial charge in [0.2, 0.25) is 0 Å². The van der Waals surface area contributed by atoms with Gasteiger partial charge in [-0.25, -0.2) is 4.39 Å². The van der Waals surface area contributed by atoms with Crippen molar-refractivity contribution in [1.29, 1.82) is 0 Å². The third-order valence-electron chi connectivity index (χ3n) is 2.76. The molecule has 1 aromatic rings. The first-order valence-corrected chi connectivity index (χ1v) is 6.32. The molecule has 6 heteroatoms. The summed E-state index contributed by atoms with van der Waals surface area (Å²) in [5.74, 6) is -2.02. The maximum atomic E-state index is 13.8. The summed E-state index contributed by atoms with van der Waals surface area (Å²) in [5, 5.41) is 11.6. The van der Waals surface area contributed by atoms with E-state index in [9.17, 15) is 19.1 Å². The highest BCUT2D eigenvalue weighted by Gasteiger charge is 2.29. The second-order valence-electron chi connectivity index (χ2n) is 4.18. The molecular weight excluding hydrogens is 257 g/mol. The maximum absolute atomic E-state index is 13.8. The van der Waals surface area contributed by atoms with Crippen molar-refractivity contribution in [2.75, 3.05) is 5.32 Å². The molecular formula is C12H12FNO3S. The summed E-state index contributed by atoms with van der Waals surface area (Å²) in [7, 11) is 0. The Balaban J connectivity index is 2.33. The molecule has 96 valence electrons. The number of carbonyl (C=O) groups is 2. The number of hydrogen-bond acceptors (Lipinski definition) is 4. The van der Waals surface area contributed by atoms with E-state index in [1.807, 2.05) is 0 Å². The number of nitrogens with one attached hydrogen (secondary N) is 1. The molecule has 2 unspecified atom stereocenters. The standard InChI is InChI=1S/C12H12FNO3S/c1-5(15)6(2)18-10-4-9-7(3-8(10)13)11(16)12(17)14-9/h3-6,15H,1-2H3,(H,14,16,17). The first kappa shape index (κ1) is 13.0. The molecule has 18 heavy (non-hydrogen) atoms. The average molecular weight is 269 g/mol. The second kappa shape index (κ2) is 4.70. The molecule has 0 bridgehead atoms. The highest BCUT2D eigenvalue weighted by atomic mass is 32.2. The van der Waals surface area contributed by atoms with Crippen LogP contribution in [0.4, 0.5) is 10.1 Å². The number of fused-ring (bicyclic) bond motifs is 1. The van der Waals surface area contributed by atoms with Gasteiger partial charge < -0.3 is 10.4 Å². The van der Waals surface area contributed by atoms with Crippen molar-refractivity contribution in [2.24, 2.45) is 0 Å². The number of benzene rings is 1. The van der Waals surface area contributed by atoms with Crippen molar-refractivity contribution in [2.45, 2.75) is 30.1 Å². The minimum absolute atomic E-state index is 0.0616. The zero-order valence-electron chi connectivity index (χ0n) is 9.86. The van der Waals surface area contributed by atoms with E-state index in [0.717, 1.165) is 17.8 Å². The number of carbonyl (C=O) groups excluding carboxylic acids is 2. The fraction of sp³-hybridized carbons (Fsp3) is 0.333. The van der Waals surface area contributed by atoms with Crippen molar-refractivity contribution in [3.8, 4) is 0 Å². The fourth-order valence-electron chi connectivity index (χ4n) is 1.54. The van der Waals surface area contributed by atoms with Crippen LogP contribution in [0.1, 0.15) is 24.2 Å². The van der Waals surface area contributed by atoms with Crippen LogP contribution in [0.3, 0.4) is 0 Å². The smallest absolute Gasteiger partial charge is 0.296 e. The van der Waals surface area contributed by atoms with Crippen LogP contribution in [0.15, 0.2) is 17.0 Å². The summed E-state index contributed by atoms with van der Waals surface area (Å²) < 4.78 is 13.8. The second-order valence-corrected chi connectivity index (χ2v) is 5.59. The van der Waals surface area contributed by atoms with Gasteiger partial charge in [-0.05, 0) is 19.1 Å². The van der Waals surface area contributed by atoms with Crippen LogP contribution in [0, 0.1) is 5.82 Å². The predicted octanol–water partition coefficient (Wildman–Crippen LogP) is 1.82. The maximum Gasteiger partial charge on any atom is 0.296 e. The van der Waals surface area contributed by atoms with E-state index in [2.05, 4.69) is 5.32 Å². The van der Waals surface area contributed by atoms with E-state index in [0.29, 0.717) is 10.6 Å². The van der Waals surface area contributed by atoms with Gasteiger partial charge in [0.15, 0.2) is 0 Å². The van der Waals surface area contributed by atoms with E-state index >= 15 is 0 Å². The molecule has 2 N–H and O–H groups in total. The summed E-state index contributed by atoms with van der Waals surface area (Å²) in [6.45, 7) is 3.39. The van der Waals surface area contributed by atoms with Gasteiger partial charge >= 0.3 is 0 Å². The molecule has 0 spiro atoms. The summed E-state index contributed by atoms with van der Waals surface area (Å²) in [6, 6.07) is 2.49. The molecule has 1 heterocycles. The highest BCUT2D eigenvalue weighted by molar-refractivity contribution is 8.00. The predicted molar refractivity (Wildman–Crippen MR) is 66.4 cm³/mol. The van der Waals surface area contributed by atoms with Crippen LogP contribution < -0.4 is 5.32 Å². The summed E-state index contributed by atoms with van der Waals surface area (Å²) in [5.41, 5.74) is 0.387. The monoisotopic (exact) mass is 269 g/mol. The Morgan fingerprint density at radius 2 is 2.00 bits per heavy atom. The van der Waals surface area contributed by atoms with E-state index < -0.39 is 23.6 Å². The Labute approximate surface area is 108 Å². The number of aliphatic hydroxyl groups is 1. The third-order valence-corrected chi connectivity index (χ3v) is 4.10. The molecule has 0 saturated carbocycles. The molecule has 2 atom stereocenters. The number of Topliss-reactive ketones (excluding diaryl/α,β-unsaturated/α-hetero) is 1. The minimum Gasteiger partial charge on any atom is -0.392 e. The molecule has 1 aliphatic rings. The van der Waals surface area contributed by atoms with Gasteiger partial charge in [-0.2, -0.15) is 0 Å². The first-order valence-electron chi connectivity index (χ1n) is 5.44. The van der Waals surface area contributed by atoms with Crippen LogP contribution in [0.25, 0.3) is 0 Å². The fourth-order valence-corrected chi connectivity index (χ4v) is 2.49. The molecule has 0 radical (unpaired) electrons. The number of halogens is 1. The minimum atomic E-state index is -0.741. The molecule has 0 aromatic heterocycles. The largest absolute Gasteiger partial charge is 0.392 e. The van der Waals surface area contributed by atoms with Crippen molar-refractivity contribution in [3.05, 3.63) is 23.5 Å². The number of ketones is 1. The lowest BCUT2D eigenvalue weighted by atomic mass is 10.1. The zero-order chi connectivity index (χ0) is 13.4. The number of amides is 1. The Morgan fingerprint density at radius 3 is 2.61 bits per heavy atom. The number of hydrogen-bond donors (Lipinski definition) is 2. The SMILES string of the molecule is CC(O)C(C)Sc1cc2c(cc1F)C(=O)C(=O)N2. The van der Waals surface area contributed by atoms with Crippen LogP contribution in [-0.2, 0) is 4.79 Å². The number of thioether (sulfide) groups is 1. The Morgan fingerprint density at radius 1 is 1.33 bits per heavy atom. The van der Waals surface area contributed by atoms with Gasteiger partial charge in [0.05, 0.1) is 17.4 Å². The van der Waals surface area contributed by atoms with Crippen molar-refractivity contribution in [1.82, 2.24) is 0 Å². The normalized spacial score (nSPS) is 17.3. The summed E-state index contributed by atoms with van der Waals surface area (Å²) in [6.07, 6.45) is -0.584. The molecule has 1 aliphatic heterocycles. The number of aliphatic hydroxyl groups excluding tert-OH is 1. The van der Waals surface area contributed by atoms with Crippen LogP contribution in [-0.4, -0.2) is 28.2 Å². The third kappa shape index (κ3) is 2.26. The van der Waals surface area contributed by atoms with Crippen LogP contribution in [0.2, 0.25) is 0 Å². The lowest BCUT2D eigenvalue weighted by Gasteiger charge is -2.15. The van der Waals surface area contributed by atoms with E-state index in [1.165, 1.54) is 6.07 Å². The van der Waals surface area contributed by atoms with E-state index in [4.69, 9.17) is 0 Å². The lowest BCUT2D eigenvalue weighted by molar-refractivity contribution is -0.112. The zero-order valence-corrected chi connectivity index (χ0v) is 10.7. The molecule has 1 aromatic carbocycles. The highest BCUT2D eigenvalue weighted by Crippen LogP contribution is 2.34. The molecule has 1 amide bonds. The van der Waals surface area contributed by atoms with Crippen molar-refractivity contribution >= 4 is 29.1 Å². The number of rotatable bonds is 3. The first-order chi connectivity index (χ1) is 8.40. The molecule has 2 rings (SSSR count). The Bertz CT molecular complexity index is 530. The number of anilines is 1. The van der Waals surface area contributed by atoms with Crippen LogP contribution >= 0.6 is 11.8 Å². The van der Waals surface area contributed by atoms with E-state index in [1.54, 1.807) is 13.8 Å². The van der Waals surface area contributed by atoms with Gasteiger partial charge in [-0.1, -0.05) is 6.92 Å². The topological polar surface area (TPSA) is 66.4 Å². The summed E-state index contributed by atoms with van der Waals surface area (Å²) >= 11 is 1.16. The van der Waals surface area contributed by atoms with Crippen LogP contribution in [0.5, 0.6) is 0 Å². The molecule has 0 saturated heterocycles. The van der Waals surface area contributed by atoms with Gasteiger partial charge in [-0.15, -0.1) is 11.8 Å². The van der Waals surface area contributed by atoms with Crippen molar-refractivity contribution in [3.63, 3.8) is 0 Å². The quantitative estimate of drug-likeness (QED) is 0.649. The van der Waals surface area contributed by atoms with Crippen molar-refractivity contribution < 1.29 is 19.1 Å². The van der Waals surface area contributed by atoms with Gasteiger partial charge in [0.25, 0.3) is 11.7 Å². The molecule has 0 fully saturated rings. The average Bonchev–Trinajstić information content (AvgIpc) is 2.56. The lowest BCUT2D eigenvalue weighted by Crippen LogP contribution is -2.15. The van der Waals surface area contributed by atoms with Gasteiger partial charge in [0, 0.05) is 10.1 Å². The van der Waals surface area contributed by atoms with E-state index in [-0.39, 0.29) is 10.8 Å². The van der Waals surface area contributed by atoms with Gasteiger partial charge in [0.1, 0.15) is 5.82 Å².